The van der Waals surface area contributed by atoms with Crippen LogP contribution in [0.3, 0.4) is 0 Å². The zero-order valence-electron chi connectivity index (χ0n) is 8.07. The van der Waals surface area contributed by atoms with Gasteiger partial charge in [-0.05, 0) is 13.0 Å². The van der Waals surface area contributed by atoms with Crippen LogP contribution in [0, 0.1) is 0 Å². The maximum Gasteiger partial charge on any atom is 0.332 e. The molecule has 0 atom stereocenters. The molecular weight excluding hydrogens is 194 g/mol. The first-order valence-corrected chi connectivity index (χ1v) is 4.46. The highest BCUT2D eigenvalue weighted by molar-refractivity contribution is 6.34. The average molecular weight is 203 g/mol. The molecule has 76 valence electrons. The minimum atomic E-state index is -1.07. The molecule has 1 aliphatic heterocycles. The van der Waals surface area contributed by atoms with Crippen molar-refractivity contribution in [2.45, 2.75) is 6.92 Å². The Morgan fingerprint density at radius 2 is 2.00 bits per heavy atom. The van der Waals surface area contributed by atoms with Gasteiger partial charge in [-0.1, -0.05) is 18.2 Å². The van der Waals surface area contributed by atoms with Gasteiger partial charge in [-0.2, -0.15) is 0 Å². The van der Waals surface area contributed by atoms with Gasteiger partial charge in [-0.15, -0.1) is 0 Å². The van der Waals surface area contributed by atoms with Crippen LogP contribution >= 0.6 is 0 Å². The maximum atomic E-state index is 11.5. The molecule has 2 rings (SSSR count). The van der Waals surface area contributed by atoms with Crippen molar-refractivity contribution in [3.63, 3.8) is 0 Å². The first-order chi connectivity index (χ1) is 7.11. The lowest BCUT2D eigenvalue weighted by atomic mass is 10.0. The summed E-state index contributed by atoms with van der Waals surface area (Å²) in [5, 5.41) is 11.5. The standard InChI is InChI=1S/C11H9NO3/c1-6(11(14)15)9-7-4-2-3-5-8(7)12-10(9)13/h2-5H,1H3,(H,12,13)(H,14,15)/b9-6-. The van der Waals surface area contributed by atoms with Crippen LogP contribution < -0.4 is 5.32 Å². The molecule has 1 aliphatic rings. The highest BCUT2D eigenvalue weighted by Crippen LogP contribution is 2.33. The van der Waals surface area contributed by atoms with Gasteiger partial charge < -0.3 is 10.4 Å². The van der Waals surface area contributed by atoms with Crippen molar-refractivity contribution < 1.29 is 14.7 Å². The Balaban J connectivity index is 2.66. The summed E-state index contributed by atoms with van der Waals surface area (Å²) in [5.74, 6) is -1.42. The van der Waals surface area contributed by atoms with E-state index in [0.29, 0.717) is 11.3 Å². The van der Waals surface area contributed by atoms with Gasteiger partial charge in [0, 0.05) is 16.8 Å². The first-order valence-electron chi connectivity index (χ1n) is 4.46. The van der Waals surface area contributed by atoms with E-state index in [1.54, 1.807) is 24.3 Å². The summed E-state index contributed by atoms with van der Waals surface area (Å²) in [6, 6.07) is 7.04. The predicted octanol–water partition coefficient (Wildman–Crippen LogP) is 1.50. The number of carboxylic acid groups (broad SMARTS) is 1. The van der Waals surface area contributed by atoms with Gasteiger partial charge in [0.05, 0.1) is 5.57 Å². The number of carbonyl (C=O) groups is 2. The van der Waals surface area contributed by atoms with E-state index in [1.165, 1.54) is 6.92 Å². The van der Waals surface area contributed by atoms with Crippen LogP contribution in [0.2, 0.25) is 0 Å². The molecule has 1 aromatic rings. The summed E-state index contributed by atoms with van der Waals surface area (Å²) in [7, 11) is 0. The smallest absolute Gasteiger partial charge is 0.332 e. The van der Waals surface area contributed by atoms with Gasteiger partial charge in [0.1, 0.15) is 0 Å². The molecule has 1 heterocycles. The van der Waals surface area contributed by atoms with Crippen LogP contribution in [0.4, 0.5) is 5.69 Å². The largest absolute Gasteiger partial charge is 0.478 e. The second kappa shape index (κ2) is 3.24. The summed E-state index contributed by atoms with van der Waals surface area (Å²) in [5.41, 5.74) is 1.64. The Labute approximate surface area is 86.2 Å². The third-order valence-corrected chi connectivity index (χ3v) is 2.37. The van der Waals surface area contributed by atoms with E-state index in [4.69, 9.17) is 5.11 Å². The number of hydrogen-bond donors (Lipinski definition) is 2. The Bertz CT molecular complexity index is 488. The third kappa shape index (κ3) is 1.40. The molecule has 4 heteroatoms. The number of carboxylic acids is 1. The summed E-state index contributed by atoms with van der Waals surface area (Å²) in [4.78, 5) is 22.3. The number of nitrogens with one attached hydrogen (secondary N) is 1. The van der Waals surface area contributed by atoms with Gasteiger partial charge >= 0.3 is 5.97 Å². The minimum absolute atomic E-state index is 0.0671. The van der Waals surface area contributed by atoms with Crippen LogP contribution in [0.1, 0.15) is 12.5 Å². The number of amides is 1. The SMILES string of the molecule is C/C(C(=O)O)=C1/C(=O)Nc2ccccc21. The fourth-order valence-electron chi connectivity index (χ4n) is 1.60. The molecule has 15 heavy (non-hydrogen) atoms. The summed E-state index contributed by atoms with van der Waals surface area (Å²) in [6.45, 7) is 1.43. The van der Waals surface area contributed by atoms with Crippen molar-refractivity contribution in [1.82, 2.24) is 0 Å². The Morgan fingerprint density at radius 3 is 2.67 bits per heavy atom. The van der Waals surface area contributed by atoms with Gasteiger partial charge in [-0.3, -0.25) is 4.79 Å². The van der Waals surface area contributed by atoms with Crippen LogP contribution in [0.5, 0.6) is 0 Å². The second-order valence-electron chi connectivity index (χ2n) is 3.30. The number of benzene rings is 1. The Morgan fingerprint density at radius 1 is 1.33 bits per heavy atom. The number of para-hydroxylation sites is 1. The molecule has 0 fully saturated rings. The molecule has 4 nitrogen and oxygen atoms in total. The molecular formula is C11H9NO3. The zero-order chi connectivity index (χ0) is 11.0. The topological polar surface area (TPSA) is 66.4 Å². The Kier molecular flexibility index (Phi) is 2.04. The van der Waals surface area contributed by atoms with Crippen molar-refractivity contribution >= 4 is 23.1 Å². The lowest BCUT2D eigenvalue weighted by molar-refractivity contribution is -0.132. The number of anilines is 1. The van der Waals surface area contributed by atoms with E-state index >= 15 is 0 Å². The van der Waals surface area contributed by atoms with Gasteiger partial charge in [0.25, 0.3) is 5.91 Å². The molecule has 0 bridgehead atoms. The normalized spacial score (nSPS) is 17.0. The van der Waals surface area contributed by atoms with E-state index in [9.17, 15) is 9.59 Å². The second-order valence-corrected chi connectivity index (χ2v) is 3.30. The fourth-order valence-corrected chi connectivity index (χ4v) is 1.60. The van der Waals surface area contributed by atoms with E-state index in [-0.39, 0.29) is 17.1 Å². The fraction of sp³-hybridized carbons (Fsp3) is 0.0909. The lowest BCUT2D eigenvalue weighted by Gasteiger charge is -1.99. The predicted molar refractivity (Wildman–Crippen MR) is 55.3 cm³/mol. The average Bonchev–Trinajstić information content (AvgIpc) is 2.52. The molecule has 0 spiro atoms. The van der Waals surface area contributed by atoms with Gasteiger partial charge in [0.15, 0.2) is 0 Å². The summed E-state index contributed by atoms with van der Waals surface area (Å²) < 4.78 is 0. The first kappa shape index (κ1) is 9.45. The van der Waals surface area contributed by atoms with Crippen LogP contribution in [-0.2, 0) is 9.59 Å². The molecule has 1 aromatic carbocycles. The zero-order valence-corrected chi connectivity index (χ0v) is 8.07. The van der Waals surface area contributed by atoms with Crippen LogP contribution in [0.15, 0.2) is 29.8 Å². The van der Waals surface area contributed by atoms with Crippen molar-refractivity contribution in [3.05, 3.63) is 35.4 Å². The molecule has 0 saturated heterocycles. The van der Waals surface area contributed by atoms with Crippen molar-refractivity contribution in [2.75, 3.05) is 5.32 Å². The summed E-state index contributed by atoms with van der Waals surface area (Å²) >= 11 is 0. The molecule has 0 radical (unpaired) electrons. The lowest BCUT2D eigenvalue weighted by Crippen LogP contribution is -2.09. The molecule has 2 N–H and O–H groups in total. The molecule has 0 aromatic heterocycles. The third-order valence-electron chi connectivity index (χ3n) is 2.37. The van der Waals surface area contributed by atoms with Crippen molar-refractivity contribution in [3.8, 4) is 0 Å². The number of rotatable bonds is 1. The Hall–Kier alpha value is -2.10. The molecule has 0 aliphatic carbocycles. The molecule has 1 amide bonds. The van der Waals surface area contributed by atoms with E-state index in [0.717, 1.165) is 0 Å². The number of fused-ring (bicyclic) bond motifs is 1. The molecule has 0 saturated carbocycles. The van der Waals surface area contributed by atoms with E-state index in [1.807, 2.05) is 0 Å². The van der Waals surface area contributed by atoms with E-state index in [2.05, 4.69) is 5.32 Å². The number of carbonyl (C=O) groups excluding carboxylic acids is 1. The van der Waals surface area contributed by atoms with Crippen molar-refractivity contribution in [2.24, 2.45) is 0 Å². The van der Waals surface area contributed by atoms with Crippen LogP contribution in [0.25, 0.3) is 5.57 Å². The minimum Gasteiger partial charge on any atom is -0.478 e. The maximum absolute atomic E-state index is 11.5. The summed E-state index contributed by atoms with van der Waals surface area (Å²) in [6.07, 6.45) is 0. The van der Waals surface area contributed by atoms with Gasteiger partial charge in [0.2, 0.25) is 0 Å². The highest BCUT2D eigenvalue weighted by atomic mass is 16.4. The molecule has 0 unspecified atom stereocenters. The highest BCUT2D eigenvalue weighted by Gasteiger charge is 2.27. The van der Waals surface area contributed by atoms with E-state index < -0.39 is 5.97 Å². The van der Waals surface area contributed by atoms with Crippen LogP contribution in [-0.4, -0.2) is 17.0 Å². The number of aliphatic carboxylic acids is 1. The number of hydrogen-bond acceptors (Lipinski definition) is 2. The van der Waals surface area contributed by atoms with Gasteiger partial charge in [-0.25, -0.2) is 4.79 Å². The quantitative estimate of drug-likeness (QED) is 0.679. The van der Waals surface area contributed by atoms with Crippen molar-refractivity contribution in [1.29, 1.82) is 0 Å². The monoisotopic (exact) mass is 203 g/mol.